The Morgan fingerprint density at radius 3 is 2.47 bits per heavy atom. The van der Waals surface area contributed by atoms with Crippen LogP contribution in [0.25, 0.3) is 0 Å². The Morgan fingerprint density at radius 1 is 1.41 bits per heavy atom. The summed E-state index contributed by atoms with van der Waals surface area (Å²) >= 11 is 0. The Bertz CT molecular complexity index is 264. The van der Waals surface area contributed by atoms with Crippen molar-refractivity contribution in [3.05, 3.63) is 0 Å². The molecule has 0 radical (unpaired) electrons. The van der Waals surface area contributed by atoms with E-state index in [9.17, 15) is 14.7 Å². The number of amides is 1. The van der Waals surface area contributed by atoms with Crippen molar-refractivity contribution >= 4 is 11.9 Å². The Labute approximate surface area is 102 Å². The van der Waals surface area contributed by atoms with E-state index >= 15 is 0 Å². The van der Waals surface area contributed by atoms with E-state index in [1.807, 2.05) is 13.8 Å². The smallest absolute Gasteiger partial charge is 0.338 e. The zero-order valence-electron chi connectivity index (χ0n) is 10.9. The van der Waals surface area contributed by atoms with Gasteiger partial charge in [-0.15, -0.1) is 0 Å². The van der Waals surface area contributed by atoms with E-state index in [-0.39, 0.29) is 18.5 Å². The van der Waals surface area contributed by atoms with Crippen LogP contribution in [0.2, 0.25) is 0 Å². The minimum atomic E-state index is -1.57. The number of hydrogen-bond acceptors (Lipinski definition) is 5. The quantitative estimate of drug-likeness (QED) is 0.413. The third-order valence-electron chi connectivity index (χ3n) is 2.07. The maximum atomic E-state index is 11.3. The van der Waals surface area contributed by atoms with E-state index in [0.717, 1.165) is 0 Å². The first-order chi connectivity index (χ1) is 7.79. The third kappa shape index (κ3) is 6.91. The Morgan fingerprint density at radius 2 is 2.00 bits per heavy atom. The highest BCUT2D eigenvalue weighted by molar-refractivity contribution is 5.79. The van der Waals surface area contributed by atoms with E-state index < -0.39 is 11.6 Å². The molecule has 0 saturated carbocycles. The summed E-state index contributed by atoms with van der Waals surface area (Å²) in [6, 6.07) is 0.112. The fourth-order valence-corrected chi connectivity index (χ4v) is 1.22. The highest BCUT2D eigenvalue weighted by Crippen LogP contribution is 2.03. The molecule has 0 fully saturated rings. The van der Waals surface area contributed by atoms with Gasteiger partial charge in [-0.05, 0) is 20.8 Å². The van der Waals surface area contributed by atoms with Crippen LogP contribution < -0.4 is 10.6 Å². The van der Waals surface area contributed by atoms with Crippen molar-refractivity contribution in [2.24, 2.45) is 0 Å². The van der Waals surface area contributed by atoms with E-state index in [4.69, 9.17) is 0 Å². The molecular weight excluding hydrogens is 224 g/mol. The van der Waals surface area contributed by atoms with Gasteiger partial charge in [0.1, 0.15) is 0 Å². The lowest BCUT2D eigenvalue weighted by Gasteiger charge is -2.20. The first-order valence-electron chi connectivity index (χ1n) is 5.60. The van der Waals surface area contributed by atoms with Crippen molar-refractivity contribution in [3.8, 4) is 0 Å². The molecule has 0 aliphatic rings. The molecule has 6 heteroatoms. The molecule has 0 rings (SSSR count). The summed E-state index contributed by atoms with van der Waals surface area (Å²) in [4.78, 5) is 22.4. The molecule has 6 nitrogen and oxygen atoms in total. The second-order valence-corrected chi connectivity index (χ2v) is 4.41. The van der Waals surface area contributed by atoms with Gasteiger partial charge in [0, 0.05) is 25.6 Å². The molecule has 0 saturated heterocycles. The van der Waals surface area contributed by atoms with Crippen molar-refractivity contribution in [2.75, 3.05) is 20.2 Å². The summed E-state index contributed by atoms with van der Waals surface area (Å²) < 4.78 is 4.44. The highest BCUT2D eigenvalue weighted by atomic mass is 16.5. The minimum Gasteiger partial charge on any atom is -0.467 e. The van der Waals surface area contributed by atoms with Crippen LogP contribution in [-0.2, 0) is 14.3 Å². The number of nitrogens with one attached hydrogen (secondary N) is 2. The number of methoxy groups -OCH3 is 1. The van der Waals surface area contributed by atoms with Gasteiger partial charge in [-0.25, -0.2) is 4.79 Å². The molecule has 1 amide bonds. The van der Waals surface area contributed by atoms with Crippen LogP contribution in [0.15, 0.2) is 0 Å². The van der Waals surface area contributed by atoms with Gasteiger partial charge in [0.25, 0.3) is 0 Å². The number of ether oxygens (including phenoxy) is 1. The first-order valence-corrected chi connectivity index (χ1v) is 5.60. The average molecular weight is 246 g/mol. The van der Waals surface area contributed by atoms with Crippen LogP contribution in [0.3, 0.4) is 0 Å². The van der Waals surface area contributed by atoms with Crippen molar-refractivity contribution in [1.82, 2.24) is 10.6 Å². The molecule has 100 valence electrons. The summed E-state index contributed by atoms with van der Waals surface area (Å²) in [5, 5.41) is 15.2. The number of rotatable bonds is 7. The van der Waals surface area contributed by atoms with Gasteiger partial charge in [0.15, 0.2) is 5.60 Å². The van der Waals surface area contributed by atoms with Gasteiger partial charge < -0.3 is 20.5 Å². The summed E-state index contributed by atoms with van der Waals surface area (Å²) in [6.07, 6.45) is 0.301. The van der Waals surface area contributed by atoms with E-state index in [1.165, 1.54) is 14.0 Å². The van der Waals surface area contributed by atoms with Gasteiger partial charge in [0.2, 0.25) is 5.91 Å². The molecule has 0 aromatic carbocycles. The second kappa shape index (κ2) is 7.24. The molecule has 0 aliphatic heterocycles. The molecule has 0 aromatic heterocycles. The Kier molecular flexibility index (Phi) is 6.75. The lowest BCUT2D eigenvalue weighted by Crippen LogP contribution is -2.46. The fourth-order valence-electron chi connectivity index (χ4n) is 1.22. The van der Waals surface area contributed by atoms with E-state index in [2.05, 4.69) is 15.4 Å². The molecule has 1 unspecified atom stereocenters. The molecule has 0 bridgehead atoms. The molecule has 0 spiro atoms. The van der Waals surface area contributed by atoms with Gasteiger partial charge in [-0.2, -0.15) is 0 Å². The van der Waals surface area contributed by atoms with Gasteiger partial charge in [-0.1, -0.05) is 0 Å². The normalized spacial score (nSPS) is 14.2. The predicted octanol–water partition coefficient (Wildman–Crippen LogP) is -0.585. The molecule has 0 heterocycles. The number of carbonyl (C=O) groups is 2. The summed E-state index contributed by atoms with van der Waals surface area (Å²) in [6.45, 7) is 5.57. The largest absolute Gasteiger partial charge is 0.467 e. The first kappa shape index (κ1) is 15.9. The summed E-state index contributed by atoms with van der Waals surface area (Å²) in [5.74, 6) is -0.762. The topological polar surface area (TPSA) is 87.7 Å². The maximum absolute atomic E-state index is 11.3. The van der Waals surface area contributed by atoms with Crippen LogP contribution in [0.5, 0.6) is 0 Å². The predicted molar refractivity (Wildman–Crippen MR) is 63.4 cm³/mol. The van der Waals surface area contributed by atoms with Gasteiger partial charge in [0.05, 0.1) is 7.11 Å². The lowest BCUT2D eigenvalue weighted by molar-refractivity contribution is -0.159. The number of carbonyl (C=O) groups excluding carboxylic acids is 2. The van der Waals surface area contributed by atoms with Crippen LogP contribution in [0.1, 0.15) is 27.2 Å². The molecule has 3 N–H and O–H groups in total. The lowest BCUT2D eigenvalue weighted by atomic mass is 10.1. The standard InChI is InChI=1S/C11H22N2O4/c1-8(2)13-9(14)5-6-12-7-11(3,16)10(15)17-4/h8,12,16H,5-7H2,1-4H3,(H,13,14). The van der Waals surface area contributed by atoms with Crippen LogP contribution >= 0.6 is 0 Å². The van der Waals surface area contributed by atoms with Crippen LogP contribution in [0, 0.1) is 0 Å². The van der Waals surface area contributed by atoms with Gasteiger partial charge in [-0.3, -0.25) is 4.79 Å². The van der Waals surface area contributed by atoms with Crippen molar-refractivity contribution in [3.63, 3.8) is 0 Å². The van der Waals surface area contributed by atoms with Crippen molar-refractivity contribution in [2.45, 2.75) is 38.8 Å². The minimum absolute atomic E-state index is 0.0502. The molecular formula is C11H22N2O4. The SMILES string of the molecule is COC(=O)C(C)(O)CNCCC(=O)NC(C)C. The zero-order valence-corrected chi connectivity index (χ0v) is 10.9. The maximum Gasteiger partial charge on any atom is 0.338 e. The summed E-state index contributed by atoms with van der Waals surface area (Å²) in [7, 11) is 1.22. The zero-order chi connectivity index (χ0) is 13.5. The number of aliphatic hydroxyl groups is 1. The number of esters is 1. The third-order valence-corrected chi connectivity index (χ3v) is 2.07. The molecule has 1 atom stereocenters. The second-order valence-electron chi connectivity index (χ2n) is 4.41. The van der Waals surface area contributed by atoms with E-state index in [1.54, 1.807) is 0 Å². The fraction of sp³-hybridized carbons (Fsp3) is 0.818. The Balaban J connectivity index is 3.78. The van der Waals surface area contributed by atoms with Crippen LogP contribution in [-0.4, -0.2) is 48.8 Å². The van der Waals surface area contributed by atoms with Gasteiger partial charge >= 0.3 is 5.97 Å². The van der Waals surface area contributed by atoms with Crippen molar-refractivity contribution < 1.29 is 19.4 Å². The molecule has 0 aromatic rings. The van der Waals surface area contributed by atoms with Crippen molar-refractivity contribution in [1.29, 1.82) is 0 Å². The highest BCUT2D eigenvalue weighted by Gasteiger charge is 2.30. The van der Waals surface area contributed by atoms with E-state index in [0.29, 0.717) is 13.0 Å². The number of hydrogen-bond donors (Lipinski definition) is 3. The average Bonchev–Trinajstić information content (AvgIpc) is 2.22. The Hall–Kier alpha value is -1.14. The summed E-state index contributed by atoms with van der Waals surface area (Å²) in [5.41, 5.74) is -1.57. The monoisotopic (exact) mass is 246 g/mol. The molecule has 0 aliphatic carbocycles. The molecule has 17 heavy (non-hydrogen) atoms. The van der Waals surface area contributed by atoms with Crippen LogP contribution in [0.4, 0.5) is 0 Å².